The number of nitrogens with one attached hydrogen (secondary N) is 1. The highest BCUT2D eigenvalue weighted by Crippen LogP contribution is 2.27. The Bertz CT molecular complexity index is 130. The first-order chi connectivity index (χ1) is 5.83. The minimum Gasteiger partial charge on any atom is -0.315 e. The normalized spacial score (nSPS) is 16.8. The van der Waals surface area contributed by atoms with Crippen molar-refractivity contribution in [1.82, 2.24) is 10.2 Å². The number of hydrogen-bond acceptors (Lipinski definition) is 2. The molecule has 0 aromatic rings. The van der Waals surface area contributed by atoms with Gasteiger partial charge in [-0.3, -0.25) is 0 Å². The number of nitrogens with zero attached hydrogens (tertiary/aromatic N) is 1. The molecule has 0 saturated heterocycles. The topological polar surface area (TPSA) is 15.3 Å². The first kappa shape index (κ1) is 9.75. The standard InChI is InChI=1S/C10H20N2/c1-3-7-12(2)8-6-11-9-10-4-5-10/h3,10-11H,1,4-9H2,2H3. The molecule has 0 spiro atoms. The summed E-state index contributed by atoms with van der Waals surface area (Å²) in [7, 11) is 2.13. The Balaban J connectivity index is 1.82. The second kappa shape index (κ2) is 5.33. The van der Waals surface area contributed by atoms with Gasteiger partial charge in [0.15, 0.2) is 0 Å². The molecular formula is C10H20N2. The molecule has 0 heterocycles. The molecule has 12 heavy (non-hydrogen) atoms. The van der Waals surface area contributed by atoms with Gasteiger partial charge >= 0.3 is 0 Å². The summed E-state index contributed by atoms with van der Waals surface area (Å²) in [6.45, 7) is 8.16. The average molecular weight is 168 g/mol. The smallest absolute Gasteiger partial charge is 0.0158 e. The predicted molar refractivity (Wildman–Crippen MR) is 53.3 cm³/mol. The Morgan fingerprint density at radius 2 is 2.33 bits per heavy atom. The zero-order chi connectivity index (χ0) is 8.81. The van der Waals surface area contributed by atoms with Crippen molar-refractivity contribution in [2.75, 3.05) is 33.2 Å². The molecule has 1 N–H and O–H groups in total. The highest BCUT2D eigenvalue weighted by molar-refractivity contribution is 4.76. The van der Waals surface area contributed by atoms with Crippen molar-refractivity contribution in [3.05, 3.63) is 12.7 Å². The van der Waals surface area contributed by atoms with Gasteiger partial charge < -0.3 is 10.2 Å². The van der Waals surface area contributed by atoms with Crippen LogP contribution in [-0.4, -0.2) is 38.1 Å². The highest BCUT2D eigenvalue weighted by atomic mass is 15.1. The Hall–Kier alpha value is -0.340. The van der Waals surface area contributed by atoms with Crippen LogP contribution in [0.1, 0.15) is 12.8 Å². The molecule has 0 radical (unpaired) electrons. The first-order valence-electron chi connectivity index (χ1n) is 4.83. The molecular weight excluding hydrogens is 148 g/mol. The summed E-state index contributed by atoms with van der Waals surface area (Å²) in [5.41, 5.74) is 0. The Kier molecular flexibility index (Phi) is 4.33. The van der Waals surface area contributed by atoms with E-state index in [1.54, 1.807) is 0 Å². The van der Waals surface area contributed by atoms with E-state index in [9.17, 15) is 0 Å². The summed E-state index contributed by atoms with van der Waals surface area (Å²) in [6.07, 6.45) is 4.83. The van der Waals surface area contributed by atoms with E-state index < -0.39 is 0 Å². The van der Waals surface area contributed by atoms with Gasteiger partial charge in [-0.2, -0.15) is 0 Å². The lowest BCUT2D eigenvalue weighted by molar-refractivity contribution is 0.364. The fraction of sp³-hybridized carbons (Fsp3) is 0.800. The van der Waals surface area contributed by atoms with E-state index in [0.29, 0.717) is 0 Å². The molecule has 0 amide bonds. The second-order valence-electron chi connectivity index (χ2n) is 3.70. The largest absolute Gasteiger partial charge is 0.315 e. The lowest BCUT2D eigenvalue weighted by atomic mass is 10.4. The summed E-state index contributed by atoms with van der Waals surface area (Å²) in [5, 5.41) is 3.46. The molecule has 1 saturated carbocycles. The molecule has 0 atom stereocenters. The first-order valence-corrected chi connectivity index (χ1v) is 4.83. The van der Waals surface area contributed by atoms with Crippen LogP contribution in [0.2, 0.25) is 0 Å². The van der Waals surface area contributed by atoms with Crippen LogP contribution in [0.5, 0.6) is 0 Å². The Morgan fingerprint density at radius 1 is 1.58 bits per heavy atom. The Morgan fingerprint density at radius 3 is 2.92 bits per heavy atom. The minimum atomic E-state index is 0.991. The average Bonchev–Trinajstić information content (AvgIpc) is 2.82. The number of likely N-dealkylation sites (N-methyl/N-ethyl adjacent to an activating group) is 1. The van der Waals surface area contributed by atoms with E-state index in [2.05, 4.69) is 23.8 Å². The van der Waals surface area contributed by atoms with E-state index in [0.717, 1.165) is 25.6 Å². The molecule has 70 valence electrons. The van der Waals surface area contributed by atoms with Crippen molar-refractivity contribution in [2.45, 2.75) is 12.8 Å². The van der Waals surface area contributed by atoms with Crippen LogP contribution in [0.3, 0.4) is 0 Å². The quantitative estimate of drug-likeness (QED) is 0.452. The minimum absolute atomic E-state index is 0.991. The van der Waals surface area contributed by atoms with Crippen LogP contribution in [-0.2, 0) is 0 Å². The van der Waals surface area contributed by atoms with E-state index in [4.69, 9.17) is 0 Å². The molecule has 2 nitrogen and oxygen atoms in total. The van der Waals surface area contributed by atoms with Crippen molar-refractivity contribution in [3.63, 3.8) is 0 Å². The molecule has 1 fully saturated rings. The molecule has 0 aromatic heterocycles. The summed E-state index contributed by atoms with van der Waals surface area (Å²) >= 11 is 0. The molecule has 2 heteroatoms. The van der Waals surface area contributed by atoms with Gasteiger partial charge in [0, 0.05) is 19.6 Å². The van der Waals surface area contributed by atoms with Gasteiger partial charge in [-0.25, -0.2) is 0 Å². The van der Waals surface area contributed by atoms with Crippen molar-refractivity contribution < 1.29 is 0 Å². The van der Waals surface area contributed by atoms with Crippen LogP contribution in [0.25, 0.3) is 0 Å². The maximum absolute atomic E-state index is 3.71. The van der Waals surface area contributed by atoms with Gasteiger partial charge in [0.05, 0.1) is 0 Å². The van der Waals surface area contributed by atoms with Crippen LogP contribution >= 0.6 is 0 Å². The molecule has 1 aliphatic rings. The fourth-order valence-electron chi connectivity index (χ4n) is 1.21. The van der Waals surface area contributed by atoms with Gasteiger partial charge in [0.25, 0.3) is 0 Å². The lowest BCUT2D eigenvalue weighted by Crippen LogP contribution is -2.30. The van der Waals surface area contributed by atoms with Crippen LogP contribution < -0.4 is 5.32 Å². The zero-order valence-corrected chi connectivity index (χ0v) is 8.05. The molecule has 0 aromatic carbocycles. The molecule has 0 aliphatic heterocycles. The van der Waals surface area contributed by atoms with Gasteiger partial charge in [0.1, 0.15) is 0 Å². The monoisotopic (exact) mass is 168 g/mol. The van der Waals surface area contributed by atoms with Gasteiger partial charge in [0.2, 0.25) is 0 Å². The summed E-state index contributed by atoms with van der Waals surface area (Å²) in [4.78, 5) is 2.27. The number of hydrogen-bond donors (Lipinski definition) is 1. The van der Waals surface area contributed by atoms with E-state index in [1.165, 1.54) is 19.4 Å². The second-order valence-corrected chi connectivity index (χ2v) is 3.70. The third kappa shape index (κ3) is 4.52. The van der Waals surface area contributed by atoms with E-state index in [1.807, 2.05) is 6.08 Å². The number of rotatable bonds is 7. The molecule has 0 bridgehead atoms. The summed E-state index contributed by atoms with van der Waals surface area (Å²) in [6, 6.07) is 0. The molecule has 0 unspecified atom stereocenters. The summed E-state index contributed by atoms with van der Waals surface area (Å²) < 4.78 is 0. The van der Waals surface area contributed by atoms with Crippen molar-refractivity contribution in [1.29, 1.82) is 0 Å². The van der Waals surface area contributed by atoms with E-state index in [-0.39, 0.29) is 0 Å². The van der Waals surface area contributed by atoms with Gasteiger partial charge in [-0.1, -0.05) is 6.08 Å². The third-order valence-electron chi connectivity index (χ3n) is 2.24. The SMILES string of the molecule is C=CCN(C)CCNCC1CC1. The van der Waals surface area contributed by atoms with Crippen molar-refractivity contribution in [2.24, 2.45) is 5.92 Å². The fourth-order valence-corrected chi connectivity index (χ4v) is 1.21. The van der Waals surface area contributed by atoms with Crippen molar-refractivity contribution in [3.8, 4) is 0 Å². The van der Waals surface area contributed by atoms with Crippen LogP contribution in [0, 0.1) is 5.92 Å². The van der Waals surface area contributed by atoms with Crippen LogP contribution in [0.4, 0.5) is 0 Å². The maximum Gasteiger partial charge on any atom is 0.0158 e. The van der Waals surface area contributed by atoms with Gasteiger partial charge in [-0.15, -0.1) is 6.58 Å². The highest BCUT2D eigenvalue weighted by Gasteiger charge is 2.19. The Labute approximate surface area is 75.6 Å². The van der Waals surface area contributed by atoms with Crippen molar-refractivity contribution >= 4 is 0 Å². The predicted octanol–water partition coefficient (Wildman–Crippen LogP) is 1.10. The lowest BCUT2D eigenvalue weighted by Gasteiger charge is -2.14. The third-order valence-corrected chi connectivity index (χ3v) is 2.24. The van der Waals surface area contributed by atoms with Crippen LogP contribution in [0.15, 0.2) is 12.7 Å². The molecule has 1 aliphatic carbocycles. The maximum atomic E-state index is 3.71. The van der Waals surface area contributed by atoms with E-state index >= 15 is 0 Å². The summed E-state index contributed by atoms with van der Waals surface area (Å²) in [5.74, 6) is 0.995. The van der Waals surface area contributed by atoms with Gasteiger partial charge in [-0.05, 0) is 32.4 Å². The zero-order valence-electron chi connectivity index (χ0n) is 8.05. The molecule has 1 rings (SSSR count).